The second-order valence-electron chi connectivity index (χ2n) is 6.62. The quantitative estimate of drug-likeness (QED) is 0.799. The van der Waals surface area contributed by atoms with E-state index in [4.69, 9.17) is 0 Å². The summed E-state index contributed by atoms with van der Waals surface area (Å²) in [5, 5.41) is 3.75. The number of amides is 1. The maximum Gasteiger partial charge on any atom is 0.222 e. The lowest BCUT2D eigenvalue weighted by Crippen LogP contribution is -2.50. The van der Waals surface area contributed by atoms with Crippen LogP contribution in [0.4, 0.5) is 0 Å². The van der Waals surface area contributed by atoms with Gasteiger partial charge < -0.3 is 10.2 Å². The van der Waals surface area contributed by atoms with Crippen molar-refractivity contribution in [3.05, 3.63) is 0 Å². The number of nitrogens with zero attached hydrogens (tertiary/aromatic N) is 1. The summed E-state index contributed by atoms with van der Waals surface area (Å²) in [5.41, 5.74) is 0.539. The number of likely N-dealkylation sites (N-methyl/N-ethyl adjacent to an activating group) is 1. The van der Waals surface area contributed by atoms with Crippen molar-refractivity contribution < 1.29 is 4.79 Å². The molecule has 1 aliphatic heterocycles. The molecule has 1 unspecified atom stereocenters. The fourth-order valence-electron chi connectivity index (χ4n) is 3.05. The van der Waals surface area contributed by atoms with E-state index >= 15 is 0 Å². The van der Waals surface area contributed by atoms with Gasteiger partial charge in [-0.15, -0.1) is 0 Å². The largest absolute Gasteiger partial charge is 0.344 e. The molecule has 1 saturated heterocycles. The minimum atomic E-state index is 0.299. The molecular weight excluding hydrogens is 212 g/mol. The average Bonchev–Trinajstić information content (AvgIpc) is 2.27. The van der Waals surface area contributed by atoms with Gasteiger partial charge in [0.15, 0.2) is 0 Å². The van der Waals surface area contributed by atoms with E-state index in [1.807, 2.05) is 11.9 Å². The first kappa shape index (κ1) is 12.9. The van der Waals surface area contributed by atoms with Crippen LogP contribution in [0.2, 0.25) is 0 Å². The number of carbonyl (C=O) groups excluding carboxylic acids is 1. The van der Waals surface area contributed by atoms with Gasteiger partial charge in [0.05, 0.1) is 0 Å². The zero-order chi connectivity index (χ0) is 12.5. The first-order valence-corrected chi connectivity index (χ1v) is 6.96. The van der Waals surface area contributed by atoms with E-state index in [1.54, 1.807) is 0 Å². The zero-order valence-corrected chi connectivity index (χ0v) is 11.5. The van der Waals surface area contributed by atoms with E-state index in [9.17, 15) is 4.79 Å². The molecule has 1 aliphatic carbocycles. The fourth-order valence-corrected chi connectivity index (χ4v) is 3.05. The fraction of sp³-hybridized carbons (Fsp3) is 0.929. The van der Waals surface area contributed by atoms with Crippen LogP contribution < -0.4 is 5.32 Å². The third-order valence-electron chi connectivity index (χ3n) is 4.44. The molecule has 2 aliphatic rings. The topological polar surface area (TPSA) is 32.3 Å². The van der Waals surface area contributed by atoms with Gasteiger partial charge in [-0.2, -0.15) is 0 Å². The summed E-state index contributed by atoms with van der Waals surface area (Å²) < 4.78 is 0. The van der Waals surface area contributed by atoms with Crippen molar-refractivity contribution in [3.63, 3.8) is 0 Å². The highest BCUT2D eigenvalue weighted by molar-refractivity contribution is 5.76. The summed E-state index contributed by atoms with van der Waals surface area (Å²) in [6, 6.07) is 1.19. The lowest BCUT2D eigenvalue weighted by molar-refractivity contribution is -0.132. The minimum Gasteiger partial charge on any atom is -0.344 e. The Morgan fingerprint density at radius 2 is 1.82 bits per heavy atom. The maximum absolute atomic E-state index is 11.4. The Balaban J connectivity index is 1.77. The molecule has 17 heavy (non-hydrogen) atoms. The molecule has 0 bridgehead atoms. The van der Waals surface area contributed by atoms with Crippen molar-refractivity contribution in [1.82, 2.24) is 10.2 Å². The lowest BCUT2D eigenvalue weighted by Gasteiger charge is -2.38. The van der Waals surface area contributed by atoms with E-state index in [0.29, 0.717) is 29.8 Å². The van der Waals surface area contributed by atoms with Crippen molar-refractivity contribution >= 4 is 5.91 Å². The number of carbonyl (C=O) groups is 1. The van der Waals surface area contributed by atoms with Crippen molar-refractivity contribution in [1.29, 1.82) is 0 Å². The zero-order valence-electron chi connectivity index (χ0n) is 11.5. The molecule has 1 heterocycles. The summed E-state index contributed by atoms with van der Waals surface area (Å²) in [7, 11) is 1.92. The van der Waals surface area contributed by atoms with Crippen LogP contribution in [0, 0.1) is 5.41 Å². The monoisotopic (exact) mass is 238 g/mol. The lowest BCUT2D eigenvalue weighted by atomic mass is 9.75. The van der Waals surface area contributed by atoms with Gasteiger partial charge in [-0.1, -0.05) is 13.8 Å². The first-order chi connectivity index (χ1) is 7.96. The minimum absolute atomic E-state index is 0.299. The molecule has 98 valence electrons. The van der Waals surface area contributed by atoms with Crippen LogP contribution in [-0.4, -0.2) is 36.5 Å². The van der Waals surface area contributed by atoms with Gasteiger partial charge in [0.1, 0.15) is 0 Å². The molecule has 0 aromatic heterocycles. The summed E-state index contributed by atoms with van der Waals surface area (Å²) >= 11 is 0. The van der Waals surface area contributed by atoms with Gasteiger partial charge in [-0.25, -0.2) is 0 Å². The van der Waals surface area contributed by atoms with E-state index in [1.165, 1.54) is 25.7 Å². The molecule has 1 N–H and O–H groups in total. The van der Waals surface area contributed by atoms with Crippen molar-refractivity contribution in [2.24, 2.45) is 5.41 Å². The molecule has 2 rings (SSSR count). The Hall–Kier alpha value is -0.570. The predicted molar refractivity (Wildman–Crippen MR) is 69.8 cm³/mol. The molecule has 0 radical (unpaired) electrons. The number of likely N-dealkylation sites (tertiary alicyclic amines) is 1. The SMILES string of the molecule is CN1CC(NC2CCC(C)(C)CC2)CCC1=O. The Bertz CT molecular complexity index is 278. The second-order valence-corrected chi connectivity index (χ2v) is 6.62. The van der Waals surface area contributed by atoms with Gasteiger partial charge in [-0.3, -0.25) is 4.79 Å². The summed E-state index contributed by atoms with van der Waals surface area (Å²) in [6.07, 6.45) is 6.97. The van der Waals surface area contributed by atoms with Gasteiger partial charge in [0, 0.05) is 32.1 Å². The van der Waals surface area contributed by atoms with E-state index in [0.717, 1.165) is 13.0 Å². The smallest absolute Gasteiger partial charge is 0.222 e. The molecule has 1 saturated carbocycles. The van der Waals surface area contributed by atoms with Crippen LogP contribution in [0.5, 0.6) is 0 Å². The highest BCUT2D eigenvalue weighted by Crippen LogP contribution is 2.35. The van der Waals surface area contributed by atoms with Gasteiger partial charge >= 0.3 is 0 Å². The van der Waals surface area contributed by atoms with E-state index in [-0.39, 0.29) is 0 Å². The molecule has 0 aromatic rings. The maximum atomic E-state index is 11.4. The van der Waals surface area contributed by atoms with Crippen LogP contribution in [0.25, 0.3) is 0 Å². The summed E-state index contributed by atoms with van der Waals surface area (Å²) in [5.74, 6) is 0.299. The Morgan fingerprint density at radius 3 is 2.41 bits per heavy atom. The second kappa shape index (κ2) is 4.97. The molecule has 3 heteroatoms. The predicted octanol–water partition coefficient (Wildman–Crippen LogP) is 2.17. The van der Waals surface area contributed by atoms with Crippen LogP contribution in [0.3, 0.4) is 0 Å². The third kappa shape index (κ3) is 3.44. The molecule has 3 nitrogen and oxygen atoms in total. The Kier molecular flexibility index (Phi) is 3.76. The van der Waals surface area contributed by atoms with Crippen LogP contribution in [-0.2, 0) is 4.79 Å². The Labute approximate surface area is 105 Å². The molecule has 1 atom stereocenters. The van der Waals surface area contributed by atoms with Crippen LogP contribution >= 0.6 is 0 Å². The normalized spacial score (nSPS) is 30.6. The third-order valence-corrected chi connectivity index (χ3v) is 4.44. The van der Waals surface area contributed by atoms with Gasteiger partial charge in [0.25, 0.3) is 0 Å². The number of hydrogen-bond acceptors (Lipinski definition) is 2. The number of hydrogen-bond donors (Lipinski definition) is 1. The molecule has 0 aromatic carbocycles. The van der Waals surface area contributed by atoms with Crippen molar-refractivity contribution in [2.45, 2.75) is 64.5 Å². The number of piperidine rings is 1. The van der Waals surface area contributed by atoms with E-state index in [2.05, 4.69) is 19.2 Å². The Morgan fingerprint density at radius 1 is 1.18 bits per heavy atom. The highest BCUT2D eigenvalue weighted by Gasteiger charge is 2.29. The summed E-state index contributed by atoms with van der Waals surface area (Å²) in [6.45, 7) is 5.63. The molecule has 2 fully saturated rings. The highest BCUT2D eigenvalue weighted by atomic mass is 16.2. The summed E-state index contributed by atoms with van der Waals surface area (Å²) in [4.78, 5) is 13.3. The van der Waals surface area contributed by atoms with Crippen molar-refractivity contribution in [2.75, 3.05) is 13.6 Å². The van der Waals surface area contributed by atoms with Gasteiger partial charge in [-0.05, 0) is 37.5 Å². The molecular formula is C14H26N2O. The van der Waals surface area contributed by atoms with Gasteiger partial charge in [0.2, 0.25) is 5.91 Å². The average molecular weight is 238 g/mol. The molecule has 0 spiro atoms. The number of rotatable bonds is 2. The van der Waals surface area contributed by atoms with E-state index < -0.39 is 0 Å². The van der Waals surface area contributed by atoms with Crippen LogP contribution in [0.1, 0.15) is 52.4 Å². The number of nitrogens with one attached hydrogen (secondary N) is 1. The molecule has 1 amide bonds. The van der Waals surface area contributed by atoms with Crippen LogP contribution in [0.15, 0.2) is 0 Å². The standard InChI is InChI=1S/C14H26N2O/c1-14(2)8-6-11(7-9-14)15-12-4-5-13(17)16(3)10-12/h11-12,15H,4-10H2,1-3H3. The van der Waals surface area contributed by atoms with Crippen molar-refractivity contribution in [3.8, 4) is 0 Å². The first-order valence-electron chi connectivity index (χ1n) is 6.96.